The molecule has 3 aromatic carbocycles. The monoisotopic (exact) mass is 473 g/mol. The lowest BCUT2D eigenvalue weighted by Gasteiger charge is -2.09. The summed E-state index contributed by atoms with van der Waals surface area (Å²) in [7, 11) is 0. The van der Waals surface area contributed by atoms with Crippen LogP contribution in [0.25, 0.3) is 26.8 Å². The molecule has 0 aliphatic heterocycles. The number of aromatic amines is 1. The fourth-order valence-corrected chi connectivity index (χ4v) is 6.12. The van der Waals surface area contributed by atoms with Gasteiger partial charge in [-0.2, -0.15) is 0 Å². The number of H-pyrrole nitrogens is 1. The minimum Gasteiger partial charge on any atom is -0.361 e. The summed E-state index contributed by atoms with van der Waals surface area (Å²) in [6, 6.07) is 24.4. The van der Waals surface area contributed by atoms with Crippen molar-refractivity contribution in [3.63, 3.8) is 0 Å². The third-order valence-corrected chi connectivity index (χ3v) is 7.60. The first-order chi connectivity index (χ1) is 15.8. The highest BCUT2D eigenvalue weighted by Gasteiger charge is 2.19. The van der Waals surface area contributed by atoms with Gasteiger partial charge in [0.1, 0.15) is 11.3 Å². The van der Waals surface area contributed by atoms with Crippen LogP contribution < -0.4 is 0 Å². The summed E-state index contributed by atoms with van der Waals surface area (Å²) in [4.78, 5) is 8.08. The van der Waals surface area contributed by atoms with Crippen molar-refractivity contribution >= 4 is 55.8 Å². The van der Waals surface area contributed by atoms with Crippen molar-refractivity contribution in [3.05, 3.63) is 95.4 Å². The molecule has 1 N–H and O–H groups in total. The summed E-state index contributed by atoms with van der Waals surface area (Å²) in [6.45, 7) is 0. The Kier molecular flexibility index (Phi) is 4.94. The lowest BCUT2D eigenvalue weighted by atomic mass is 10.1. The van der Waals surface area contributed by atoms with Gasteiger partial charge in [-0.15, -0.1) is 21.5 Å². The average Bonchev–Trinajstić information content (AvgIpc) is 3.53. The highest BCUT2D eigenvalue weighted by Crippen LogP contribution is 2.37. The Hall–Kier alpha value is -3.13. The number of nitrogens with zero attached hydrogens (tertiary/aromatic N) is 4. The molecule has 0 aliphatic carbocycles. The highest BCUT2D eigenvalue weighted by atomic mass is 35.5. The number of nitrogens with one attached hydrogen (secondary N) is 1. The molecule has 0 atom stereocenters. The predicted octanol–water partition coefficient (Wildman–Crippen LogP) is 6.75. The van der Waals surface area contributed by atoms with Crippen LogP contribution in [-0.2, 0) is 6.42 Å². The third kappa shape index (κ3) is 3.48. The summed E-state index contributed by atoms with van der Waals surface area (Å²) in [5.41, 5.74) is 4.16. The highest BCUT2D eigenvalue weighted by molar-refractivity contribution is 8.01. The molecule has 156 valence electrons. The largest absolute Gasteiger partial charge is 0.361 e. The molecule has 0 aliphatic rings. The van der Waals surface area contributed by atoms with Gasteiger partial charge in [-0.05, 0) is 47.7 Å². The Bertz CT molecular complexity index is 1550. The number of hydrogen-bond acceptors (Lipinski definition) is 5. The van der Waals surface area contributed by atoms with E-state index in [1.807, 2.05) is 42.5 Å². The quantitative estimate of drug-likeness (QED) is 0.300. The minimum absolute atomic E-state index is 0.662. The zero-order chi connectivity index (χ0) is 21.5. The van der Waals surface area contributed by atoms with Crippen molar-refractivity contribution in [1.82, 2.24) is 24.7 Å². The molecule has 0 spiro atoms. The molecule has 3 heterocycles. The second kappa shape index (κ2) is 8.09. The zero-order valence-electron chi connectivity index (χ0n) is 16.7. The molecule has 5 nitrogen and oxygen atoms in total. The number of halogens is 1. The summed E-state index contributed by atoms with van der Waals surface area (Å²) in [6.07, 6.45) is 2.72. The SMILES string of the molecule is Clc1cccc2sc(Sc3nnc(Cc4c[nH]c5ccccc45)n3-c3ccccc3)nc12. The fourth-order valence-electron chi connectivity index (χ4n) is 3.78. The van der Waals surface area contributed by atoms with E-state index >= 15 is 0 Å². The van der Waals surface area contributed by atoms with Crippen LogP contribution in [-0.4, -0.2) is 24.7 Å². The molecular weight excluding hydrogens is 458 g/mol. The van der Waals surface area contributed by atoms with Crippen molar-refractivity contribution < 1.29 is 0 Å². The first kappa shape index (κ1) is 19.5. The van der Waals surface area contributed by atoms with Gasteiger partial charge in [-0.3, -0.25) is 4.57 Å². The number of aromatic nitrogens is 5. The Morgan fingerprint density at radius 3 is 2.66 bits per heavy atom. The Labute approximate surface area is 197 Å². The van der Waals surface area contributed by atoms with Gasteiger partial charge in [0.2, 0.25) is 5.16 Å². The number of hydrogen-bond donors (Lipinski definition) is 1. The van der Waals surface area contributed by atoms with Crippen LogP contribution in [0, 0.1) is 0 Å². The maximum atomic E-state index is 6.33. The van der Waals surface area contributed by atoms with Crippen LogP contribution in [0.2, 0.25) is 5.02 Å². The summed E-state index contributed by atoms with van der Waals surface area (Å²) < 4.78 is 4.06. The van der Waals surface area contributed by atoms with Gasteiger partial charge in [0, 0.05) is 29.2 Å². The molecule has 32 heavy (non-hydrogen) atoms. The van der Waals surface area contributed by atoms with Crippen molar-refractivity contribution in [1.29, 1.82) is 0 Å². The number of benzene rings is 3. The molecule has 0 saturated heterocycles. The second-order valence-electron chi connectivity index (χ2n) is 7.27. The van der Waals surface area contributed by atoms with Gasteiger partial charge < -0.3 is 4.98 Å². The van der Waals surface area contributed by atoms with Crippen LogP contribution in [0.15, 0.2) is 88.5 Å². The molecule has 0 fully saturated rings. The van der Waals surface area contributed by atoms with Crippen molar-refractivity contribution in [2.45, 2.75) is 15.9 Å². The van der Waals surface area contributed by atoms with Gasteiger partial charge in [0.25, 0.3) is 0 Å². The molecule has 8 heteroatoms. The van der Waals surface area contributed by atoms with Crippen LogP contribution >= 0.6 is 34.7 Å². The van der Waals surface area contributed by atoms with E-state index in [1.54, 1.807) is 11.3 Å². The van der Waals surface area contributed by atoms with E-state index in [1.165, 1.54) is 22.7 Å². The molecule has 0 bridgehead atoms. The summed E-state index contributed by atoms with van der Waals surface area (Å²) in [5, 5.41) is 11.8. The average molecular weight is 474 g/mol. The van der Waals surface area contributed by atoms with Crippen LogP contribution in [0.4, 0.5) is 0 Å². The molecule has 6 aromatic rings. The van der Waals surface area contributed by atoms with Crippen LogP contribution in [0.1, 0.15) is 11.4 Å². The topological polar surface area (TPSA) is 59.4 Å². The van der Waals surface area contributed by atoms with E-state index in [9.17, 15) is 0 Å². The lowest BCUT2D eigenvalue weighted by Crippen LogP contribution is -2.03. The van der Waals surface area contributed by atoms with E-state index < -0.39 is 0 Å². The van der Waals surface area contributed by atoms with Gasteiger partial charge >= 0.3 is 0 Å². The normalized spacial score (nSPS) is 11.5. The van der Waals surface area contributed by atoms with E-state index in [-0.39, 0.29) is 0 Å². The van der Waals surface area contributed by atoms with E-state index in [4.69, 9.17) is 16.6 Å². The lowest BCUT2D eigenvalue weighted by molar-refractivity contribution is 0.849. The van der Waals surface area contributed by atoms with Crippen molar-refractivity contribution in [2.75, 3.05) is 0 Å². The zero-order valence-corrected chi connectivity index (χ0v) is 19.1. The minimum atomic E-state index is 0.662. The molecule has 3 aromatic heterocycles. The van der Waals surface area contributed by atoms with Gasteiger partial charge in [-0.25, -0.2) is 4.98 Å². The van der Waals surface area contributed by atoms with Gasteiger partial charge in [0.15, 0.2) is 4.34 Å². The molecular formula is C24H16ClN5S2. The molecule has 0 amide bonds. The number of fused-ring (bicyclic) bond motifs is 2. The van der Waals surface area contributed by atoms with Gasteiger partial charge in [0.05, 0.1) is 9.72 Å². The van der Waals surface area contributed by atoms with E-state index in [2.05, 4.69) is 56.3 Å². The maximum absolute atomic E-state index is 6.33. The maximum Gasteiger partial charge on any atom is 0.202 e. The van der Waals surface area contributed by atoms with Gasteiger partial charge in [-0.1, -0.05) is 54.1 Å². The van der Waals surface area contributed by atoms with Crippen LogP contribution in [0.5, 0.6) is 0 Å². The van der Waals surface area contributed by atoms with E-state index in [0.29, 0.717) is 11.4 Å². The summed E-state index contributed by atoms with van der Waals surface area (Å²) >= 11 is 9.45. The van der Waals surface area contributed by atoms with Crippen molar-refractivity contribution in [3.8, 4) is 5.69 Å². The second-order valence-corrected chi connectivity index (χ2v) is 9.93. The molecule has 0 unspecified atom stereocenters. The number of para-hydroxylation sites is 3. The predicted molar refractivity (Wildman–Crippen MR) is 131 cm³/mol. The fraction of sp³-hybridized carbons (Fsp3) is 0.0417. The summed E-state index contributed by atoms with van der Waals surface area (Å²) in [5.74, 6) is 0.877. The van der Waals surface area contributed by atoms with Crippen LogP contribution in [0.3, 0.4) is 0 Å². The number of rotatable bonds is 5. The Balaban J connectivity index is 1.42. The number of thiazole rings is 1. The third-order valence-electron chi connectivity index (χ3n) is 5.27. The van der Waals surface area contributed by atoms with Crippen molar-refractivity contribution in [2.24, 2.45) is 0 Å². The molecule has 0 saturated carbocycles. The Morgan fingerprint density at radius 2 is 1.78 bits per heavy atom. The standard InChI is InChI=1S/C24H16ClN5S2/c25-18-10-6-12-20-22(18)27-24(31-20)32-23-29-28-21(30(23)16-7-2-1-3-8-16)13-15-14-26-19-11-5-4-9-17(15)19/h1-12,14,26H,13H2. The molecule has 0 radical (unpaired) electrons. The Morgan fingerprint density at radius 1 is 0.938 bits per heavy atom. The van der Waals surface area contributed by atoms with E-state index in [0.717, 1.165) is 36.7 Å². The molecule has 6 rings (SSSR count). The smallest absolute Gasteiger partial charge is 0.202 e. The first-order valence-electron chi connectivity index (χ1n) is 10.0. The first-order valence-corrected chi connectivity index (χ1v) is 12.0.